The fourth-order valence-corrected chi connectivity index (χ4v) is 4.20. The molecule has 1 saturated carbocycles. The molecule has 104 valence electrons. The van der Waals surface area contributed by atoms with E-state index in [9.17, 15) is 13.2 Å². The lowest BCUT2D eigenvalue weighted by Gasteiger charge is -2.31. The maximum atomic E-state index is 12.3. The largest absolute Gasteiger partial charge is 0.370 e. The summed E-state index contributed by atoms with van der Waals surface area (Å²) in [6.45, 7) is 0.665. The van der Waals surface area contributed by atoms with Crippen LogP contribution in [0.15, 0.2) is 0 Å². The van der Waals surface area contributed by atoms with Gasteiger partial charge >= 0.3 is 0 Å². The van der Waals surface area contributed by atoms with Crippen LogP contribution in [-0.4, -0.2) is 38.4 Å². The van der Waals surface area contributed by atoms with Crippen molar-refractivity contribution in [2.24, 2.45) is 5.92 Å². The second-order valence-electron chi connectivity index (χ2n) is 5.57. The standard InChI is InChI=1S/C13H22O4S/c1-18(15,16)11-6-4-5-10(9-11)13(14)12-7-2-3-8-17-12/h10-12H,2-9H2,1H3. The normalized spacial score (nSPS) is 34.2. The highest BCUT2D eigenvalue weighted by molar-refractivity contribution is 7.91. The molecule has 5 heteroatoms. The first-order valence-electron chi connectivity index (χ1n) is 6.82. The van der Waals surface area contributed by atoms with Gasteiger partial charge in [0.15, 0.2) is 5.78 Å². The van der Waals surface area contributed by atoms with Crippen LogP contribution in [0, 0.1) is 5.92 Å². The molecule has 3 atom stereocenters. The Morgan fingerprint density at radius 1 is 1.11 bits per heavy atom. The summed E-state index contributed by atoms with van der Waals surface area (Å²) >= 11 is 0. The molecule has 0 N–H and O–H groups in total. The fourth-order valence-electron chi connectivity index (χ4n) is 3.02. The van der Waals surface area contributed by atoms with E-state index < -0.39 is 9.84 Å². The quantitative estimate of drug-likeness (QED) is 0.786. The lowest BCUT2D eigenvalue weighted by molar-refractivity contribution is -0.138. The Hall–Kier alpha value is -0.420. The van der Waals surface area contributed by atoms with E-state index in [1.165, 1.54) is 6.26 Å². The van der Waals surface area contributed by atoms with Crippen LogP contribution in [0.5, 0.6) is 0 Å². The molecule has 2 aliphatic rings. The Morgan fingerprint density at radius 3 is 2.50 bits per heavy atom. The van der Waals surface area contributed by atoms with Gasteiger partial charge in [-0.2, -0.15) is 0 Å². The van der Waals surface area contributed by atoms with Crippen LogP contribution in [0.3, 0.4) is 0 Å². The smallest absolute Gasteiger partial charge is 0.164 e. The Morgan fingerprint density at radius 2 is 1.89 bits per heavy atom. The molecule has 1 heterocycles. The number of carbonyl (C=O) groups is 1. The minimum absolute atomic E-state index is 0.110. The van der Waals surface area contributed by atoms with Gasteiger partial charge in [0.1, 0.15) is 15.9 Å². The molecular formula is C13H22O4S. The Balaban J connectivity index is 1.97. The van der Waals surface area contributed by atoms with Crippen molar-refractivity contribution in [3.05, 3.63) is 0 Å². The van der Waals surface area contributed by atoms with Gasteiger partial charge in [-0.1, -0.05) is 6.42 Å². The van der Waals surface area contributed by atoms with E-state index in [-0.39, 0.29) is 23.1 Å². The van der Waals surface area contributed by atoms with Crippen molar-refractivity contribution in [3.63, 3.8) is 0 Å². The maximum Gasteiger partial charge on any atom is 0.164 e. The zero-order valence-electron chi connectivity index (χ0n) is 10.9. The zero-order chi connectivity index (χ0) is 13.2. The average molecular weight is 274 g/mol. The van der Waals surface area contributed by atoms with Crippen LogP contribution < -0.4 is 0 Å². The van der Waals surface area contributed by atoms with Gasteiger partial charge in [0.2, 0.25) is 0 Å². The third kappa shape index (κ3) is 3.32. The van der Waals surface area contributed by atoms with E-state index in [0.29, 0.717) is 19.4 Å². The van der Waals surface area contributed by atoms with Gasteiger partial charge in [0.25, 0.3) is 0 Å². The van der Waals surface area contributed by atoms with E-state index in [0.717, 1.165) is 32.1 Å². The van der Waals surface area contributed by atoms with Crippen molar-refractivity contribution in [2.75, 3.05) is 12.9 Å². The highest BCUT2D eigenvalue weighted by atomic mass is 32.2. The summed E-state index contributed by atoms with van der Waals surface area (Å²) in [5, 5.41) is -0.330. The molecule has 0 aromatic heterocycles. The summed E-state index contributed by atoms with van der Waals surface area (Å²) in [6, 6.07) is 0. The van der Waals surface area contributed by atoms with Crippen LogP contribution in [0.2, 0.25) is 0 Å². The molecule has 2 fully saturated rings. The minimum atomic E-state index is -3.02. The molecule has 0 bridgehead atoms. The van der Waals surface area contributed by atoms with Crippen molar-refractivity contribution in [1.82, 2.24) is 0 Å². The van der Waals surface area contributed by atoms with E-state index in [1.54, 1.807) is 0 Å². The molecule has 0 spiro atoms. The van der Waals surface area contributed by atoms with Crippen LogP contribution in [0.4, 0.5) is 0 Å². The number of rotatable bonds is 3. The van der Waals surface area contributed by atoms with Crippen LogP contribution in [0.25, 0.3) is 0 Å². The van der Waals surface area contributed by atoms with Crippen LogP contribution in [0.1, 0.15) is 44.9 Å². The maximum absolute atomic E-state index is 12.3. The van der Waals surface area contributed by atoms with E-state index >= 15 is 0 Å². The fraction of sp³-hybridized carbons (Fsp3) is 0.923. The number of hydrogen-bond acceptors (Lipinski definition) is 4. The number of hydrogen-bond donors (Lipinski definition) is 0. The van der Waals surface area contributed by atoms with Gasteiger partial charge in [0.05, 0.1) is 5.25 Å². The molecule has 3 unspecified atom stereocenters. The number of ketones is 1. The second-order valence-corrected chi connectivity index (χ2v) is 7.90. The molecule has 0 radical (unpaired) electrons. The number of carbonyl (C=O) groups excluding carboxylic acids is 1. The minimum Gasteiger partial charge on any atom is -0.370 e. The van der Waals surface area contributed by atoms with Crippen LogP contribution >= 0.6 is 0 Å². The van der Waals surface area contributed by atoms with Gasteiger partial charge in [-0.05, 0) is 38.5 Å². The van der Waals surface area contributed by atoms with Crippen molar-refractivity contribution < 1.29 is 17.9 Å². The first kappa shape index (κ1) is 14.0. The third-order valence-electron chi connectivity index (χ3n) is 4.13. The summed E-state index contributed by atoms with van der Waals surface area (Å²) in [7, 11) is -3.02. The number of sulfone groups is 1. The third-order valence-corrected chi connectivity index (χ3v) is 5.77. The molecule has 18 heavy (non-hydrogen) atoms. The molecule has 0 aromatic rings. The van der Waals surface area contributed by atoms with E-state index in [2.05, 4.69) is 0 Å². The Bertz CT molecular complexity index is 395. The van der Waals surface area contributed by atoms with Crippen LogP contribution in [-0.2, 0) is 19.4 Å². The average Bonchev–Trinajstić information content (AvgIpc) is 2.38. The highest BCUT2D eigenvalue weighted by Gasteiger charge is 2.35. The molecule has 4 nitrogen and oxygen atoms in total. The summed E-state index contributed by atoms with van der Waals surface area (Å²) in [5.41, 5.74) is 0. The van der Waals surface area contributed by atoms with Crippen molar-refractivity contribution in [3.8, 4) is 0 Å². The van der Waals surface area contributed by atoms with Gasteiger partial charge in [-0.15, -0.1) is 0 Å². The SMILES string of the molecule is CS(=O)(=O)C1CCCC(C(=O)C2CCCCO2)C1. The molecular weight excluding hydrogens is 252 g/mol. The first-order valence-corrected chi connectivity index (χ1v) is 8.78. The molecule has 0 amide bonds. The molecule has 1 aliphatic heterocycles. The molecule has 0 aromatic carbocycles. The van der Waals surface area contributed by atoms with Gasteiger partial charge in [-0.3, -0.25) is 4.79 Å². The van der Waals surface area contributed by atoms with Crippen molar-refractivity contribution in [1.29, 1.82) is 0 Å². The summed E-state index contributed by atoms with van der Waals surface area (Å²) in [5.74, 6) is 0.0321. The summed E-state index contributed by atoms with van der Waals surface area (Å²) < 4.78 is 28.7. The summed E-state index contributed by atoms with van der Waals surface area (Å²) in [4.78, 5) is 12.3. The van der Waals surface area contributed by atoms with E-state index in [1.807, 2.05) is 0 Å². The lowest BCUT2D eigenvalue weighted by Crippen LogP contribution is -2.38. The summed E-state index contributed by atoms with van der Waals surface area (Å²) in [6.07, 6.45) is 6.73. The predicted octanol–water partition coefficient (Wildman–Crippen LogP) is 1.73. The topological polar surface area (TPSA) is 60.4 Å². The zero-order valence-corrected chi connectivity index (χ0v) is 11.7. The Kier molecular flexibility index (Phi) is 4.43. The van der Waals surface area contributed by atoms with Gasteiger partial charge in [0, 0.05) is 18.8 Å². The second kappa shape index (κ2) is 5.70. The lowest BCUT2D eigenvalue weighted by atomic mass is 9.83. The molecule has 2 rings (SSSR count). The number of ether oxygens (including phenoxy) is 1. The number of Topliss-reactive ketones (excluding diaryl/α,β-unsaturated/α-hetero) is 1. The first-order chi connectivity index (χ1) is 8.48. The van der Waals surface area contributed by atoms with E-state index in [4.69, 9.17) is 4.74 Å². The van der Waals surface area contributed by atoms with Crippen molar-refractivity contribution >= 4 is 15.6 Å². The van der Waals surface area contributed by atoms with Gasteiger partial charge < -0.3 is 4.74 Å². The highest BCUT2D eigenvalue weighted by Crippen LogP contribution is 2.31. The molecule has 1 saturated heterocycles. The van der Waals surface area contributed by atoms with Crippen molar-refractivity contribution in [2.45, 2.75) is 56.3 Å². The predicted molar refractivity (Wildman–Crippen MR) is 69.2 cm³/mol. The van der Waals surface area contributed by atoms with Gasteiger partial charge in [-0.25, -0.2) is 8.42 Å². The Labute approximate surface area is 109 Å². The monoisotopic (exact) mass is 274 g/mol. The molecule has 1 aliphatic carbocycles.